The fourth-order valence-electron chi connectivity index (χ4n) is 4.03. The fraction of sp³-hybridized carbons (Fsp3) is 0.321. The van der Waals surface area contributed by atoms with Gasteiger partial charge in [-0.2, -0.15) is 4.31 Å². The first kappa shape index (κ1) is 27.4. The number of aliphatic hydroxyl groups is 1. The number of nitrogens with zero attached hydrogens (tertiary/aromatic N) is 1. The number of rotatable bonds is 11. The molecule has 2 unspecified atom stereocenters. The average Bonchev–Trinajstić information content (AvgIpc) is 2.84. The van der Waals surface area contributed by atoms with E-state index in [1.165, 1.54) is 28.6 Å². The molecular formula is C28H35N3O4S. The topological polar surface area (TPSA) is 113 Å². The summed E-state index contributed by atoms with van der Waals surface area (Å²) in [5, 5.41) is 14.3. The van der Waals surface area contributed by atoms with Gasteiger partial charge in [0.05, 0.1) is 17.0 Å². The molecular weight excluding hydrogens is 474 g/mol. The van der Waals surface area contributed by atoms with Crippen LogP contribution in [0.3, 0.4) is 0 Å². The van der Waals surface area contributed by atoms with Crippen LogP contribution in [0.2, 0.25) is 0 Å². The van der Waals surface area contributed by atoms with Crippen molar-refractivity contribution in [3.8, 4) is 0 Å². The number of nitrogen functional groups attached to an aromatic ring is 1. The molecule has 0 aliphatic heterocycles. The molecule has 0 bridgehead atoms. The summed E-state index contributed by atoms with van der Waals surface area (Å²) < 4.78 is 28.2. The lowest BCUT2D eigenvalue weighted by Crippen LogP contribution is -2.51. The van der Waals surface area contributed by atoms with Crippen LogP contribution in [-0.4, -0.2) is 49.0 Å². The van der Waals surface area contributed by atoms with Gasteiger partial charge < -0.3 is 16.2 Å². The minimum atomic E-state index is -3.90. The van der Waals surface area contributed by atoms with Gasteiger partial charge >= 0.3 is 0 Å². The number of amides is 1. The average molecular weight is 510 g/mol. The summed E-state index contributed by atoms with van der Waals surface area (Å²) in [6.07, 6.45) is -0.808. The Hall–Kier alpha value is -3.20. The minimum Gasteiger partial charge on any atom is -0.399 e. The molecule has 0 aliphatic rings. The van der Waals surface area contributed by atoms with Crippen LogP contribution in [0.15, 0.2) is 83.8 Å². The lowest BCUT2D eigenvalue weighted by Gasteiger charge is -2.31. The number of carbonyl (C=O) groups is 1. The Morgan fingerprint density at radius 1 is 0.944 bits per heavy atom. The van der Waals surface area contributed by atoms with Crippen molar-refractivity contribution in [2.24, 2.45) is 5.92 Å². The molecule has 0 spiro atoms. The standard InChI is InChI=1S/C28H35N3O4S/c1-20(2)18-31(36(34,35)24-15-13-23(29)14-16-24)19-27(32)26(17-22-10-5-4-6-11-22)30-28(33)25-12-8-7-9-21(25)3/h4-16,20,26-27,32H,17-19,29H2,1-3H3,(H,30,33). The van der Waals surface area contributed by atoms with Crippen LogP contribution in [0.1, 0.15) is 35.3 Å². The van der Waals surface area contributed by atoms with E-state index in [1.54, 1.807) is 12.1 Å². The van der Waals surface area contributed by atoms with Gasteiger partial charge in [-0.05, 0) is 60.7 Å². The Labute approximate surface area is 214 Å². The maximum Gasteiger partial charge on any atom is 0.251 e. The fourth-order valence-corrected chi connectivity index (χ4v) is 5.65. The zero-order chi connectivity index (χ0) is 26.3. The van der Waals surface area contributed by atoms with Crippen molar-refractivity contribution in [3.63, 3.8) is 0 Å². The highest BCUT2D eigenvalue weighted by molar-refractivity contribution is 7.89. The van der Waals surface area contributed by atoms with E-state index >= 15 is 0 Å². The summed E-state index contributed by atoms with van der Waals surface area (Å²) in [6.45, 7) is 5.73. The molecule has 3 rings (SSSR count). The Balaban J connectivity index is 1.89. The molecule has 0 aromatic heterocycles. The Bertz CT molecular complexity index is 1250. The van der Waals surface area contributed by atoms with Gasteiger partial charge in [0.25, 0.3) is 5.91 Å². The van der Waals surface area contributed by atoms with Gasteiger partial charge in [0, 0.05) is 24.3 Å². The van der Waals surface area contributed by atoms with Crippen molar-refractivity contribution in [1.29, 1.82) is 0 Å². The number of carbonyl (C=O) groups excluding carboxylic acids is 1. The smallest absolute Gasteiger partial charge is 0.251 e. The lowest BCUT2D eigenvalue weighted by molar-refractivity contribution is 0.0775. The maximum absolute atomic E-state index is 13.5. The van der Waals surface area contributed by atoms with Gasteiger partial charge in [0.2, 0.25) is 10.0 Å². The number of hydrogen-bond acceptors (Lipinski definition) is 5. The second kappa shape index (κ2) is 12.2. The van der Waals surface area contributed by atoms with Gasteiger partial charge in [0.15, 0.2) is 0 Å². The van der Waals surface area contributed by atoms with Crippen LogP contribution in [-0.2, 0) is 16.4 Å². The number of hydrogen-bond donors (Lipinski definition) is 3. The highest BCUT2D eigenvalue weighted by Crippen LogP contribution is 2.20. The molecule has 7 nitrogen and oxygen atoms in total. The summed E-state index contributed by atoms with van der Waals surface area (Å²) >= 11 is 0. The molecule has 36 heavy (non-hydrogen) atoms. The van der Waals surface area contributed by atoms with Crippen molar-refractivity contribution >= 4 is 21.6 Å². The summed E-state index contributed by atoms with van der Waals surface area (Å²) in [5.41, 5.74) is 8.45. The molecule has 0 heterocycles. The van der Waals surface area contributed by atoms with E-state index in [4.69, 9.17) is 5.73 Å². The normalized spacial score (nSPS) is 13.5. The molecule has 8 heteroatoms. The van der Waals surface area contributed by atoms with E-state index in [-0.39, 0.29) is 29.8 Å². The number of nitrogens with two attached hydrogens (primary N) is 1. The van der Waals surface area contributed by atoms with Crippen LogP contribution in [0.5, 0.6) is 0 Å². The molecule has 3 aromatic carbocycles. The zero-order valence-electron chi connectivity index (χ0n) is 21.0. The monoisotopic (exact) mass is 509 g/mol. The number of benzene rings is 3. The SMILES string of the molecule is Cc1ccccc1C(=O)NC(Cc1ccccc1)C(O)CN(CC(C)C)S(=O)(=O)c1ccc(N)cc1. The molecule has 0 saturated carbocycles. The van der Waals surface area contributed by atoms with Gasteiger partial charge in [-0.15, -0.1) is 0 Å². The molecule has 0 aliphatic carbocycles. The van der Waals surface area contributed by atoms with Gasteiger partial charge in [-0.3, -0.25) is 4.79 Å². The number of anilines is 1. The summed E-state index contributed by atoms with van der Waals surface area (Å²) in [4.78, 5) is 13.2. The lowest BCUT2D eigenvalue weighted by atomic mass is 9.99. The molecule has 0 fully saturated rings. The highest BCUT2D eigenvalue weighted by atomic mass is 32.2. The van der Waals surface area contributed by atoms with E-state index in [2.05, 4.69) is 5.32 Å². The minimum absolute atomic E-state index is 0.0230. The van der Waals surface area contributed by atoms with Gasteiger partial charge in [-0.1, -0.05) is 62.4 Å². The predicted octanol–water partition coefficient (Wildman–Crippen LogP) is 3.63. The second-order valence-electron chi connectivity index (χ2n) is 9.44. The molecule has 0 saturated heterocycles. The van der Waals surface area contributed by atoms with E-state index in [9.17, 15) is 18.3 Å². The van der Waals surface area contributed by atoms with E-state index < -0.39 is 22.2 Å². The predicted molar refractivity (Wildman–Crippen MR) is 143 cm³/mol. The molecule has 4 N–H and O–H groups in total. The first-order chi connectivity index (χ1) is 17.1. The quantitative estimate of drug-likeness (QED) is 0.342. The summed E-state index contributed by atoms with van der Waals surface area (Å²) in [6, 6.07) is 22.0. The van der Waals surface area contributed by atoms with Crippen molar-refractivity contribution < 1.29 is 18.3 Å². The van der Waals surface area contributed by atoms with Crippen LogP contribution in [0, 0.1) is 12.8 Å². The van der Waals surface area contributed by atoms with E-state index in [0.717, 1.165) is 11.1 Å². The summed E-state index contributed by atoms with van der Waals surface area (Å²) in [5.74, 6) is -0.292. The molecule has 192 valence electrons. The highest BCUT2D eigenvalue weighted by Gasteiger charge is 2.31. The van der Waals surface area contributed by atoms with Crippen LogP contribution in [0.25, 0.3) is 0 Å². The summed E-state index contributed by atoms with van der Waals surface area (Å²) in [7, 11) is -3.90. The van der Waals surface area contributed by atoms with Crippen molar-refractivity contribution in [2.45, 2.75) is 44.2 Å². The number of nitrogens with one attached hydrogen (secondary N) is 1. The third kappa shape index (κ3) is 7.16. The van der Waals surface area contributed by atoms with Crippen LogP contribution in [0.4, 0.5) is 5.69 Å². The molecule has 2 atom stereocenters. The van der Waals surface area contributed by atoms with Crippen molar-refractivity contribution in [2.75, 3.05) is 18.8 Å². The van der Waals surface area contributed by atoms with Gasteiger partial charge in [0.1, 0.15) is 0 Å². The van der Waals surface area contributed by atoms with E-state index in [0.29, 0.717) is 17.7 Å². The number of aryl methyl sites for hydroxylation is 1. The molecule has 1 amide bonds. The maximum atomic E-state index is 13.5. The second-order valence-corrected chi connectivity index (χ2v) is 11.4. The number of sulfonamides is 1. The Morgan fingerprint density at radius 3 is 2.17 bits per heavy atom. The first-order valence-corrected chi connectivity index (χ1v) is 13.5. The van der Waals surface area contributed by atoms with E-state index in [1.807, 2.05) is 63.2 Å². The Kier molecular flexibility index (Phi) is 9.25. The van der Waals surface area contributed by atoms with Gasteiger partial charge in [-0.25, -0.2) is 8.42 Å². The zero-order valence-corrected chi connectivity index (χ0v) is 21.8. The molecule has 3 aromatic rings. The van der Waals surface area contributed by atoms with Crippen molar-refractivity contribution in [1.82, 2.24) is 9.62 Å². The Morgan fingerprint density at radius 2 is 1.56 bits per heavy atom. The number of aliphatic hydroxyl groups excluding tert-OH is 1. The third-order valence-electron chi connectivity index (χ3n) is 5.95. The van der Waals surface area contributed by atoms with Crippen LogP contribution >= 0.6 is 0 Å². The van der Waals surface area contributed by atoms with Crippen molar-refractivity contribution in [3.05, 3.63) is 95.6 Å². The van der Waals surface area contributed by atoms with Crippen LogP contribution < -0.4 is 11.1 Å². The largest absolute Gasteiger partial charge is 0.399 e. The molecule has 0 radical (unpaired) electrons. The third-order valence-corrected chi connectivity index (χ3v) is 7.79. The first-order valence-electron chi connectivity index (χ1n) is 12.0.